The summed E-state index contributed by atoms with van der Waals surface area (Å²) in [6.45, 7) is 1.87. The highest BCUT2D eigenvalue weighted by molar-refractivity contribution is 5.93. The summed E-state index contributed by atoms with van der Waals surface area (Å²) in [5, 5.41) is 7.38. The molecule has 0 amide bonds. The van der Waals surface area contributed by atoms with Crippen molar-refractivity contribution in [1.82, 2.24) is 4.98 Å². The van der Waals surface area contributed by atoms with Crippen molar-refractivity contribution in [2.24, 2.45) is 5.73 Å². The van der Waals surface area contributed by atoms with Crippen LogP contribution in [-0.4, -0.2) is 37.1 Å². The third-order valence-electron chi connectivity index (χ3n) is 3.11. The van der Waals surface area contributed by atoms with Gasteiger partial charge in [0.25, 0.3) is 0 Å². The van der Waals surface area contributed by atoms with Crippen LogP contribution in [0, 0.1) is 5.41 Å². The lowest BCUT2D eigenvalue weighted by molar-refractivity contribution is 0.0818. The van der Waals surface area contributed by atoms with Gasteiger partial charge >= 0.3 is 0 Å². The molecule has 2 heterocycles. The van der Waals surface area contributed by atoms with Crippen LogP contribution in [-0.2, 0) is 4.74 Å². The number of piperidine rings is 1. The van der Waals surface area contributed by atoms with Gasteiger partial charge in [-0.2, -0.15) is 0 Å². The number of aromatic nitrogens is 1. The molecule has 1 aliphatic rings. The maximum absolute atomic E-state index is 7.38. The van der Waals surface area contributed by atoms with Gasteiger partial charge in [-0.3, -0.25) is 5.41 Å². The number of hydrogen-bond donors (Lipinski definition) is 2. The summed E-state index contributed by atoms with van der Waals surface area (Å²) in [5.74, 6) is 0.908. The molecule has 3 N–H and O–H groups in total. The standard InChI is InChI=1S/C12H18N4O/c1-17-9-5-7-16(8-6-9)11-4-2-3-10(15-11)12(13)14/h2-4,9H,5-8H2,1H3,(H3,13,14). The fourth-order valence-corrected chi connectivity index (χ4v) is 2.07. The van der Waals surface area contributed by atoms with Crippen LogP contribution in [0.2, 0.25) is 0 Å². The van der Waals surface area contributed by atoms with Crippen molar-refractivity contribution in [3.05, 3.63) is 23.9 Å². The van der Waals surface area contributed by atoms with Gasteiger partial charge in [0.2, 0.25) is 0 Å². The minimum atomic E-state index is 0.0126. The van der Waals surface area contributed by atoms with Crippen LogP contribution >= 0.6 is 0 Å². The van der Waals surface area contributed by atoms with Crippen LogP contribution in [0.1, 0.15) is 18.5 Å². The van der Waals surface area contributed by atoms with Crippen LogP contribution in [0.15, 0.2) is 18.2 Å². The molecule has 0 unspecified atom stereocenters. The quantitative estimate of drug-likeness (QED) is 0.604. The zero-order valence-electron chi connectivity index (χ0n) is 10.0. The Morgan fingerprint density at radius 2 is 2.18 bits per heavy atom. The van der Waals surface area contributed by atoms with Crippen molar-refractivity contribution in [2.45, 2.75) is 18.9 Å². The number of methoxy groups -OCH3 is 1. The summed E-state index contributed by atoms with van der Waals surface area (Å²) in [4.78, 5) is 6.59. The first-order valence-corrected chi connectivity index (χ1v) is 5.80. The second-order valence-corrected chi connectivity index (χ2v) is 4.22. The summed E-state index contributed by atoms with van der Waals surface area (Å²) in [5.41, 5.74) is 5.98. The zero-order chi connectivity index (χ0) is 12.3. The first-order valence-electron chi connectivity index (χ1n) is 5.80. The van der Waals surface area contributed by atoms with Crippen LogP contribution < -0.4 is 10.6 Å². The molecule has 17 heavy (non-hydrogen) atoms. The van der Waals surface area contributed by atoms with Crippen LogP contribution in [0.3, 0.4) is 0 Å². The SMILES string of the molecule is COC1CCN(c2cccc(C(=N)N)n2)CC1. The van der Waals surface area contributed by atoms with Gasteiger partial charge in [-0.15, -0.1) is 0 Å². The van der Waals surface area contributed by atoms with Gasteiger partial charge in [0.05, 0.1) is 6.10 Å². The monoisotopic (exact) mass is 234 g/mol. The Labute approximate surface area is 101 Å². The third kappa shape index (κ3) is 2.74. The minimum absolute atomic E-state index is 0.0126. The molecule has 2 rings (SSSR count). The van der Waals surface area contributed by atoms with E-state index in [2.05, 4.69) is 9.88 Å². The Morgan fingerprint density at radius 3 is 2.76 bits per heavy atom. The number of nitrogens with two attached hydrogens (primary N) is 1. The molecule has 1 aromatic heterocycles. The lowest BCUT2D eigenvalue weighted by Gasteiger charge is -2.32. The van der Waals surface area contributed by atoms with E-state index in [0.717, 1.165) is 31.7 Å². The van der Waals surface area contributed by atoms with Crippen LogP contribution in [0.4, 0.5) is 5.82 Å². The van der Waals surface area contributed by atoms with E-state index < -0.39 is 0 Å². The minimum Gasteiger partial charge on any atom is -0.382 e. The van der Waals surface area contributed by atoms with Crippen LogP contribution in [0.5, 0.6) is 0 Å². The number of ether oxygens (including phenoxy) is 1. The number of rotatable bonds is 3. The van der Waals surface area contributed by atoms with Crippen molar-refractivity contribution in [3.8, 4) is 0 Å². The lowest BCUT2D eigenvalue weighted by Crippen LogP contribution is -2.37. The van der Waals surface area contributed by atoms with E-state index in [4.69, 9.17) is 15.9 Å². The fourth-order valence-electron chi connectivity index (χ4n) is 2.07. The van der Waals surface area contributed by atoms with Gasteiger partial charge in [0.15, 0.2) is 0 Å². The summed E-state index contributed by atoms with van der Waals surface area (Å²) >= 11 is 0. The summed E-state index contributed by atoms with van der Waals surface area (Å²) in [6.07, 6.45) is 2.40. The van der Waals surface area contributed by atoms with Crippen molar-refractivity contribution in [3.63, 3.8) is 0 Å². The highest BCUT2D eigenvalue weighted by Gasteiger charge is 2.19. The molecular formula is C12H18N4O. The zero-order valence-corrected chi connectivity index (χ0v) is 10.0. The molecule has 5 heteroatoms. The number of pyridine rings is 1. The maximum Gasteiger partial charge on any atom is 0.141 e. The molecule has 1 aromatic rings. The molecular weight excluding hydrogens is 216 g/mol. The topological polar surface area (TPSA) is 75.2 Å². The fraction of sp³-hybridized carbons (Fsp3) is 0.500. The van der Waals surface area contributed by atoms with E-state index in [0.29, 0.717) is 11.8 Å². The lowest BCUT2D eigenvalue weighted by atomic mass is 10.1. The molecule has 0 bridgehead atoms. The molecule has 0 aromatic carbocycles. The van der Waals surface area contributed by atoms with E-state index in [-0.39, 0.29) is 5.84 Å². The van der Waals surface area contributed by atoms with Gasteiger partial charge in [-0.25, -0.2) is 4.98 Å². The molecule has 0 atom stereocenters. The normalized spacial score (nSPS) is 17.1. The number of nitrogens with one attached hydrogen (secondary N) is 1. The molecule has 0 aliphatic carbocycles. The number of nitrogens with zero attached hydrogens (tertiary/aromatic N) is 2. The first-order chi connectivity index (χ1) is 8.20. The Bertz CT molecular complexity index is 399. The van der Waals surface area contributed by atoms with Gasteiger partial charge in [-0.05, 0) is 25.0 Å². The Kier molecular flexibility index (Phi) is 3.58. The first kappa shape index (κ1) is 11.9. The highest BCUT2D eigenvalue weighted by Crippen LogP contribution is 2.19. The molecule has 5 nitrogen and oxygen atoms in total. The van der Waals surface area contributed by atoms with E-state index >= 15 is 0 Å². The Hall–Kier alpha value is -1.62. The van der Waals surface area contributed by atoms with Crippen molar-refractivity contribution < 1.29 is 4.74 Å². The third-order valence-corrected chi connectivity index (χ3v) is 3.11. The van der Waals surface area contributed by atoms with Gasteiger partial charge in [0, 0.05) is 20.2 Å². The van der Waals surface area contributed by atoms with Gasteiger partial charge in [-0.1, -0.05) is 6.07 Å². The van der Waals surface area contributed by atoms with Crippen molar-refractivity contribution in [2.75, 3.05) is 25.1 Å². The predicted octanol–water partition coefficient (Wildman–Crippen LogP) is 0.981. The number of hydrogen-bond acceptors (Lipinski definition) is 4. The highest BCUT2D eigenvalue weighted by atomic mass is 16.5. The van der Waals surface area contributed by atoms with E-state index in [9.17, 15) is 0 Å². The molecule has 1 saturated heterocycles. The number of anilines is 1. The Balaban J connectivity index is 2.08. The molecule has 92 valence electrons. The second-order valence-electron chi connectivity index (χ2n) is 4.22. The largest absolute Gasteiger partial charge is 0.382 e. The molecule has 0 radical (unpaired) electrons. The number of nitrogen functional groups attached to an aromatic ring is 1. The predicted molar refractivity (Wildman–Crippen MR) is 67.5 cm³/mol. The molecule has 0 spiro atoms. The summed E-state index contributed by atoms with van der Waals surface area (Å²) < 4.78 is 5.34. The second kappa shape index (κ2) is 5.14. The van der Waals surface area contributed by atoms with Gasteiger partial charge in [0.1, 0.15) is 17.3 Å². The van der Waals surface area contributed by atoms with Gasteiger partial charge < -0.3 is 15.4 Å². The summed E-state index contributed by atoms with van der Waals surface area (Å²) in [6, 6.07) is 5.61. The molecule has 1 aliphatic heterocycles. The average Bonchev–Trinajstić information content (AvgIpc) is 2.39. The molecule has 0 saturated carbocycles. The Morgan fingerprint density at radius 1 is 1.47 bits per heavy atom. The van der Waals surface area contributed by atoms with E-state index in [1.165, 1.54) is 0 Å². The number of amidine groups is 1. The van der Waals surface area contributed by atoms with Crippen LogP contribution in [0.25, 0.3) is 0 Å². The molecule has 1 fully saturated rings. The van der Waals surface area contributed by atoms with E-state index in [1.807, 2.05) is 12.1 Å². The van der Waals surface area contributed by atoms with Crippen molar-refractivity contribution in [1.29, 1.82) is 5.41 Å². The average molecular weight is 234 g/mol. The smallest absolute Gasteiger partial charge is 0.141 e. The van der Waals surface area contributed by atoms with Crippen molar-refractivity contribution >= 4 is 11.7 Å². The maximum atomic E-state index is 7.38. The summed E-state index contributed by atoms with van der Waals surface area (Å²) in [7, 11) is 1.76. The van der Waals surface area contributed by atoms with E-state index in [1.54, 1.807) is 13.2 Å².